The van der Waals surface area contributed by atoms with E-state index in [0.29, 0.717) is 26.3 Å². The summed E-state index contributed by atoms with van der Waals surface area (Å²) >= 11 is 0. The molecule has 0 aromatic heterocycles. The van der Waals surface area contributed by atoms with Crippen LogP contribution in [0.25, 0.3) is 0 Å². The number of nitrogens with one attached hydrogen (secondary N) is 1. The maximum Gasteiger partial charge on any atom is 0.208 e. The van der Waals surface area contributed by atoms with E-state index in [1.165, 1.54) is 0 Å². The van der Waals surface area contributed by atoms with Crippen molar-refractivity contribution in [2.45, 2.75) is 12.8 Å². The fraction of sp³-hybridized carbons (Fsp3) is 1.00. The van der Waals surface area contributed by atoms with Crippen molar-refractivity contribution in [1.82, 2.24) is 4.72 Å². The minimum atomic E-state index is -3.12. The molecule has 6 heteroatoms. The first-order valence-corrected chi connectivity index (χ1v) is 6.59. The van der Waals surface area contributed by atoms with E-state index in [0.717, 1.165) is 19.1 Å². The van der Waals surface area contributed by atoms with E-state index in [1.807, 2.05) is 0 Å². The Bertz CT molecular complexity index is 270. The lowest BCUT2D eigenvalue weighted by Crippen LogP contribution is -2.45. The van der Waals surface area contributed by atoms with Crippen molar-refractivity contribution in [1.29, 1.82) is 0 Å². The number of hydrogen-bond acceptors (Lipinski definition) is 4. The first-order valence-electron chi connectivity index (χ1n) is 4.70. The average molecular weight is 222 g/mol. The molecule has 1 fully saturated rings. The van der Waals surface area contributed by atoms with Gasteiger partial charge < -0.3 is 10.5 Å². The van der Waals surface area contributed by atoms with E-state index in [4.69, 9.17) is 10.5 Å². The van der Waals surface area contributed by atoms with Crippen LogP contribution in [-0.4, -0.2) is 41.0 Å². The predicted molar refractivity (Wildman–Crippen MR) is 54.4 cm³/mol. The molecule has 0 saturated carbocycles. The molecule has 0 radical (unpaired) electrons. The molecular weight excluding hydrogens is 204 g/mol. The number of hydrogen-bond donors (Lipinski definition) is 2. The predicted octanol–water partition coefficient (Wildman–Crippen LogP) is -0.709. The summed E-state index contributed by atoms with van der Waals surface area (Å²) in [6, 6.07) is 0. The molecule has 1 heterocycles. The second kappa shape index (κ2) is 4.57. The summed E-state index contributed by atoms with van der Waals surface area (Å²) < 4.78 is 29.6. The third kappa shape index (κ3) is 3.53. The largest absolute Gasteiger partial charge is 0.381 e. The van der Waals surface area contributed by atoms with Crippen LogP contribution in [0.2, 0.25) is 0 Å². The van der Waals surface area contributed by atoms with Crippen molar-refractivity contribution in [2.75, 3.05) is 32.6 Å². The molecule has 1 aliphatic rings. The highest BCUT2D eigenvalue weighted by molar-refractivity contribution is 7.88. The zero-order valence-corrected chi connectivity index (χ0v) is 9.27. The third-order valence-corrected chi connectivity index (χ3v) is 3.36. The summed E-state index contributed by atoms with van der Waals surface area (Å²) in [5, 5.41) is 0. The van der Waals surface area contributed by atoms with Crippen molar-refractivity contribution in [2.24, 2.45) is 11.1 Å². The number of rotatable bonds is 4. The van der Waals surface area contributed by atoms with Crippen LogP contribution < -0.4 is 10.5 Å². The van der Waals surface area contributed by atoms with Crippen LogP contribution in [-0.2, 0) is 14.8 Å². The molecule has 14 heavy (non-hydrogen) atoms. The SMILES string of the molecule is CS(=O)(=O)NCC1(CN)CCOCC1. The summed E-state index contributed by atoms with van der Waals surface area (Å²) in [7, 11) is -3.12. The lowest BCUT2D eigenvalue weighted by Gasteiger charge is -2.35. The van der Waals surface area contributed by atoms with Gasteiger partial charge in [0.15, 0.2) is 0 Å². The monoisotopic (exact) mass is 222 g/mol. The van der Waals surface area contributed by atoms with E-state index >= 15 is 0 Å². The van der Waals surface area contributed by atoms with Crippen molar-refractivity contribution in [3.8, 4) is 0 Å². The normalized spacial score (nSPS) is 22.1. The number of sulfonamides is 1. The van der Waals surface area contributed by atoms with Crippen LogP contribution >= 0.6 is 0 Å². The molecule has 0 aromatic rings. The molecule has 0 amide bonds. The molecule has 0 aromatic carbocycles. The summed E-state index contributed by atoms with van der Waals surface area (Å²) in [6.45, 7) is 2.26. The van der Waals surface area contributed by atoms with Gasteiger partial charge in [-0.05, 0) is 19.4 Å². The summed E-state index contributed by atoms with van der Waals surface area (Å²) in [6.07, 6.45) is 2.81. The second-order valence-electron chi connectivity index (χ2n) is 3.91. The highest BCUT2D eigenvalue weighted by atomic mass is 32.2. The van der Waals surface area contributed by atoms with Crippen LogP contribution in [0.1, 0.15) is 12.8 Å². The summed E-state index contributed by atoms with van der Waals surface area (Å²) in [5.74, 6) is 0. The Hall–Kier alpha value is -0.170. The fourth-order valence-electron chi connectivity index (χ4n) is 1.54. The zero-order valence-electron chi connectivity index (χ0n) is 8.45. The van der Waals surface area contributed by atoms with Gasteiger partial charge in [-0.1, -0.05) is 0 Å². The maximum atomic E-state index is 10.9. The molecule has 0 bridgehead atoms. The van der Waals surface area contributed by atoms with Crippen LogP contribution in [0.4, 0.5) is 0 Å². The molecule has 3 N–H and O–H groups in total. The van der Waals surface area contributed by atoms with Crippen molar-refractivity contribution in [3.63, 3.8) is 0 Å². The van der Waals surface area contributed by atoms with Gasteiger partial charge >= 0.3 is 0 Å². The van der Waals surface area contributed by atoms with Crippen molar-refractivity contribution >= 4 is 10.0 Å². The zero-order chi connectivity index (χ0) is 10.7. The molecule has 5 nitrogen and oxygen atoms in total. The topological polar surface area (TPSA) is 81.4 Å². The van der Waals surface area contributed by atoms with E-state index < -0.39 is 10.0 Å². The van der Waals surface area contributed by atoms with E-state index in [1.54, 1.807) is 0 Å². The first-order chi connectivity index (χ1) is 6.47. The Morgan fingerprint density at radius 2 is 2.00 bits per heavy atom. The Morgan fingerprint density at radius 3 is 2.43 bits per heavy atom. The first kappa shape index (κ1) is 11.9. The Kier molecular flexibility index (Phi) is 3.88. The third-order valence-electron chi connectivity index (χ3n) is 2.70. The minimum absolute atomic E-state index is 0.110. The molecule has 0 spiro atoms. The Labute approximate surface area is 85.1 Å². The summed E-state index contributed by atoms with van der Waals surface area (Å²) in [4.78, 5) is 0. The van der Waals surface area contributed by atoms with Gasteiger partial charge in [-0.15, -0.1) is 0 Å². The molecule has 1 rings (SSSR count). The molecule has 1 aliphatic heterocycles. The molecule has 0 unspecified atom stereocenters. The minimum Gasteiger partial charge on any atom is -0.381 e. The standard InChI is InChI=1S/C8H18N2O3S/c1-14(11,12)10-7-8(6-9)2-4-13-5-3-8/h10H,2-7,9H2,1H3. The van der Waals surface area contributed by atoms with Gasteiger partial charge in [-0.3, -0.25) is 0 Å². The van der Waals surface area contributed by atoms with Gasteiger partial charge in [0.05, 0.1) is 6.26 Å². The second-order valence-corrected chi connectivity index (χ2v) is 5.74. The fourth-order valence-corrected chi connectivity index (χ4v) is 2.11. The van der Waals surface area contributed by atoms with Gasteiger partial charge in [0.2, 0.25) is 10.0 Å². The quantitative estimate of drug-likeness (QED) is 0.658. The lowest BCUT2D eigenvalue weighted by atomic mass is 9.80. The molecule has 0 aliphatic carbocycles. The highest BCUT2D eigenvalue weighted by Gasteiger charge is 2.31. The van der Waals surface area contributed by atoms with Gasteiger partial charge in [0.1, 0.15) is 0 Å². The molecule has 84 valence electrons. The average Bonchev–Trinajstić information content (AvgIpc) is 2.15. The Morgan fingerprint density at radius 1 is 1.43 bits per heavy atom. The van der Waals surface area contributed by atoms with Crippen LogP contribution in [0.3, 0.4) is 0 Å². The van der Waals surface area contributed by atoms with E-state index in [9.17, 15) is 8.42 Å². The smallest absolute Gasteiger partial charge is 0.208 e. The number of ether oxygens (including phenoxy) is 1. The number of nitrogens with two attached hydrogens (primary N) is 1. The molecule has 0 atom stereocenters. The Balaban J connectivity index is 2.52. The summed E-state index contributed by atoms with van der Waals surface area (Å²) in [5.41, 5.74) is 5.57. The molecule has 1 saturated heterocycles. The maximum absolute atomic E-state index is 10.9. The van der Waals surface area contributed by atoms with Crippen LogP contribution in [0, 0.1) is 5.41 Å². The van der Waals surface area contributed by atoms with E-state index in [2.05, 4.69) is 4.72 Å². The van der Waals surface area contributed by atoms with Crippen molar-refractivity contribution < 1.29 is 13.2 Å². The van der Waals surface area contributed by atoms with E-state index in [-0.39, 0.29) is 5.41 Å². The van der Waals surface area contributed by atoms with Gasteiger partial charge in [-0.25, -0.2) is 13.1 Å². The van der Waals surface area contributed by atoms with Crippen LogP contribution in [0.5, 0.6) is 0 Å². The van der Waals surface area contributed by atoms with Crippen LogP contribution in [0.15, 0.2) is 0 Å². The highest BCUT2D eigenvalue weighted by Crippen LogP contribution is 2.28. The van der Waals surface area contributed by atoms with Gasteiger partial charge in [0.25, 0.3) is 0 Å². The van der Waals surface area contributed by atoms with Gasteiger partial charge in [0, 0.05) is 25.2 Å². The van der Waals surface area contributed by atoms with Gasteiger partial charge in [-0.2, -0.15) is 0 Å². The molecular formula is C8H18N2O3S. The lowest BCUT2D eigenvalue weighted by molar-refractivity contribution is 0.0216. The van der Waals surface area contributed by atoms with Crippen molar-refractivity contribution in [3.05, 3.63) is 0 Å².